The molecule has 18 aromatic rings. The fourth-order valence-electron chi connectivity index (χ4n) is 10.1. The smallest absolute Gasteiger partial charge is 0.128 e. The first-order chi connectivity index (χ1) is 49.7. The summed E-state index contributed by atoms with van der Waals surface area (Å²) in [6.45, 7) is 19.9. The van der Waals surface area contributed by atoms with E-state index in [-0.39, 0.29) is 0 Å². The molecule has 0 saturated heterocycles. The molecule has 0 spiro atoms. The Hall–Kier alpha value is -13.0. The van der Waals surface area contributed by atoms with Crippen molar-refractivity contribution in [2.24, 2.45) is 0 Å². The van der Waals surface area contributed by atoms with Crippen molar-refractivity contribution in [2.75, 3.05) is 0 Å². The van der Waals surface area contributed by atoms with E-state index in [1.165, 1.54) is 84.1 Å². The van der Waals surface area contributed by atoms with Gasteiger partial charge in [0.05, 0.1) is 38.8 Å². The van der Waals surface area contributed by atoms with Gasteiger partial charge in [-0.2, -0.15) is 0 Å². The van der Waals surface area contributed by atoms with E-state index in [1.54, 1.807) is 18.6 Å². The van der Waals surface area contributed by atoms with Gasteiger partial charge in [0.1, 0.15) is 30.6 Å². The summed E-state index contributed by atoms with van der Waals surface area (Å²) in [5.41, 5.74) is 15.2. The van der Waals surface area contributed by atoms with Gasteiger partial charge in [-0.3, -0.25) is 34.9 Å². The van der Waals surface area contributed by atoms with E-state index in [4.69, 9.17) is 0 Å². The van der Waals surface area contributed by atoms with Crippen LogP contribution in [-0.4, -0.2) is 74.8 Å². The highest BCUT2D eigenvalue weighted by molar-refractivity contribution is 5.86. The summed E-state index contributed by atoms with van der Waals surface area (Å²) < 4.78 is 0. The molecule has 0 fully saturated rings. The van der Waals surface area contributed by atoms with E-state index in [1.807, 2.05) is 244 Å². The van der Waals surface area contributed by atoms with Crippen LogP contribution in [0.25, 0.3) is 87.0 Å². The van der Waals surface area contributed by atoms with Crippen molar-refractivity contribution >= 4 is 87.0 Å². The molecule has 0 unspecified atom stereocenters. The first-order valence-electron chi connectivity index (χ1n) is 33.2. The lowest BCUT2D eigenvalue weighted by Gasteiger charge is -1.98. The van der Waals surface area contributed by atoms with Gasteiger partial charge in [0.2, 0.25) is 0 Å². The average Bonchev–Trinajstić information content (AvgIpc) is 0.881. The van der Waals surface area contributed by atoms with Gasteiger partial charge in [-0.15, -0.1) is 0 Å². The van der Waals surface area contributed by atoms with Crippen LogP contribution in [0.2, 0.25) is 0 Å². The molecule has 504 valence electrons. The zero-order valence-corrected chi connectivity index (χ0v) is 59.2. The van der Waals surface area contributed by atoms with Gasteiger partial charge in [0, 0.05) is 117 Å². The minimum absolute atomic E-state index is 0.759. The second-order valence-electron chi connectivity index (χ2n) is 23.5. The summed E-state index contributed by atoms with van der Waals surface area (Å²) >= 11 is 0. The van der Waals surface area contributed by atoms with Crippen molar-refractivity contribution in [3.05, 3.63) is 368 Å². The molecule has 0 bridgehead atoms. The maximum Gasteiger partial charge on any atom is 0.128 e. The molecule has 0 amide bonds. The van der Waals surface area contributed by atoms with E-state index < -0.39 is 0 Å². The van der Waals surface area contributed by atoms with Crippen molar-refractivity contribution in [3.63, 3.8) is 0 Å². The minimum atomic E-state index is 0.759. The van der Waals surface area contributed by atoms with Crippen LogP contribution in [-0.2, 0) is 0 Å². The third kappa shape index (κ3) is 23.3. The monoisotopic (exact) mass is 1340 g/mol. The average molecular weight is 1340 g/mol. The van der Waals surface area contributed by atoms with Crippen molar-refractivity contribution in [1.82, 2.24) is 74.8 Å². The molecular weight excluding hydrogens is 1260 g/mol. The quantitative estimate of drug-likeness (QED) is 0.139. The number of benzene rings is 8. The Morgan fingerprint density at radius 2 is 0.755 bits per heavy atom. The van der Waals surface area contributed by atoms with Gasteiger partial charge < -0.3 is 0 Å². The number of aromatic nitrogens is 15. The molecule has 18 rings (SSSR count). The van der Waals surface area contributed by atoms with Crippen LogP contribution >= 0.6 is 0 Å². The van der Waals surface area contributed by atoms with Crippen LogP contribution in [0.3, 0.4) is 0 Å². The molecule has 102 heavy (non-hydrogen) atoms. The molecule has 0 aliphatic rings. The standard InChI is InChI=1S/6C10H9N.2C9H8N2.C5H6N2.C4H5N3/c1-8-6-11-7-9-4-2-3-5-10(8)9;1-8-6-9-4-2-3-5-10(9)7-11-8;1-8-6-9-4-2-3-5-10(9)11-7-8;1-8-10-5-3-2-4-9(10)6-7-11-8;1-8-6-7-11-10-5-3-2-4-9(8)10;1-8-6-7-9-4-2-3-5-10(9)11-8;1-7-10-6-8-4-2-3-5-9(8)11-7;1-7-6-10-8-4-2-3-5-9(8)11-7;1-5-2-6-4-7-3-5;1-4-6-2-5-3-7-4/h6*2-7H,1H3;2*2-6H,1H3;2-4H,1H3;2-3H,1H3. The summed E-state index contributed by atoms with van der Waals surface area (Å²) in [6, 6.07) is 77.5. The molecule has 8 aromatic carbocycles. The van der Waals surface area contributed by atoms with Gasteiger partial charge in [-0.25, -0.2) is 39.9 Å². The molecule has 0 aliphatic carbocycles. The summed E-state index contributed by atoms with van der Waals surface area (Å²) in [5, 5.41) is 12.3. The van der Waals surface area contributed by atoms with Crippen LogP contribution in [0.15, 0.2) is 311 Å². The lowest BCUT2D eigenvalue weighted by atomic mass is 10.1. The van der Waals surface area contributed by atoms with Gasteiger partial charge in [-0.05, 0) is 174 Å². The van der Waals surface area contributed by atoms with E-state index in [2.05, 4.69) is 174 Å². The van der Waals surface area contributed by atoms with E-state index in [0.717, 1.165) is 78.5 Å². The lowest BCUT2D eigenvalue weighted by Crippen LogP contribution is -1.86. The first kappa shape index (κ1) is 73.2. The summed E-state index contributed by atoms with van der Waals surface area (Å²) in [6.07, 6.45) is 22.9. The Kier molecular flexibility index (Phi) is 27.9. The number of hydrogen-bond donors (Lipinski definition) is 0. The van der Waals surface area contributed by atoms with Gasteiger partial charge in [0.15, 0.2) is 0 Å². The van der Waals surface area contributed by atoms with E-state index in [0.29, 0.717) is 0 Å². The zero-order valence-electron chi connectivity index (χ0n) is 59.2. The fraction of sp³-hybridized carbons (Fsp3) is 0.115. The number of hydrogen-bond acceptors (Lipinski definition) is 15. The molecule has 15 nitrogen and oxygen atoms in total. The van der Waals surface area contributed by atoms with Crippen LogP contribution in [0, 0.1) is 69.2 Å². The van der Waals surface area contributed by atoms with Crippen molar-refractivity contribution in [1.29, 1.82) is 0 Å². The number of pyridine rings is 6. The Bertz CT molecular complexity index is 4880. The van der Waals surface area contributed by atoms with E-state index in [9.17, 15) is 0 Å². The lowest BCUT2D eigenvalue weighted by molar-refractivity contribution is 0.974. The molecular formula is C87H81N15. The van der Waals surface area contributed by atoms with Crippen LogP contribution < -0.4 is 0 Å². The number of aryl methyl sites for hydroxylation is 10. The molecule has 0 atom stereocenters. The van der Waals surface area contributed by atoms with Gasteiger partial charge in [0.25, 0.3) is 0 Å². The fourth-order valence-corrected chi connectivity index (χ4v) is 10.1. The third-order valence-electron chi connectivity index (χ3n) is 15.3. The Morgan fingerprint density at radius 1 is 0.216 bits per heavy atom. The molecule has 0 radical (unpaired) electrons. The van der Waals surface area contributed by atoms with E-state index >= 15 is 0 Å². The number of nitrogens with zero attached hydrogens (tertiary/aromatic N) is 15. The number of para-hydroxylation sites is 6. The highest BCUT2D eigenvalue weighted by Crippen LogP contribution is 2.19. The maximum absolute atomic E-state index is 4.38. The molecule has 15 heteroatoms. The van der Waals surface area contributed by atoms with Crippen LogP contribution in [0.4, 0.5) is 0 Å². The molecule has 10 heterocycles. The SMILES string of the molecule is Cc1cc2ccccc2cn1.Cc1ccc2ccccc2n1.Cc1ccnc2ccccc12.Cc1cnc2ccccc2c1.Cc1cnc2ccccc2n1.Cc1cncc2ccccc12.Cc1cncnc1.Cc1ncc2ccccc2n1.Cc1nccc2ccccc12.Cc1ncncn1. The van der Waals surface area contributed by atoms with Crippen LogP contribution in [0.1, 0.15) is 56.7 Å². The van der Waals surface area contributed by atoms with Gasteiger partial charge >= 0.3 is 0 Å². The predicted molar refractivity (Wildman–Crippen MR) is 419 cm³/mol. The second-order valence-corrected chi connectivity index (χ2v) is 23.5. The molecule has 10 aromatic heterocycles. The highest BCUT2D eigenvalue weighted by Gasteiger charge is 1.99. The minimum Gasteiger partial charge on any atom is -0.264 e. The summed E-state index contributed by atoms with van der Waals surface area (Å²) in [5.74, 6) is 1.58. The zero-order chi connectivity index (χ0) is 71.7. The van der Waals surface area contributed by atoms with Crippen molar-refractivity contribution < 1.29 is 0 Å². The first-order valence-corrected chi connectivity index (χ1v) is 33.2. The topological polar surface area (TPSA) is 193 Å². The number of rotatable bonds is 0. The number of fused-ring (bicyclic) bond motifs is 8. The molecule has 0 aliphatic heterocycles. The molecule has 0 N–H and O–H groups in total. The largest absolute Gasteiger partial charge is 0.264 e. The van der Waals surface area contributed by atoms with Crippen molar-refractivity contribution in [2.45, 2.75) is 69.2 Å². The van der Waals surface area contributed by atoms with Gasteiger partial charge in [-0.1, -0.05) is 164 Å². The summed E-state index contributed by atoms with van der Waals surface area (Å²) in [4.78, 5) is 61.0. The second kappa shape index (κ2) is 38.8. The third-order valence-corrected chi connectivity index (χ3v) is 15.3. The maximum atomic E-state index is 4.38. The summed E-state index contributed by atoms with van der Waals surface area (Å²) in [7, 11) is 0. The Morgan fingerprint density at radius 3 is 1.41 bits per heavy atom. The van der Waals surface area contributed by atoms with Crippen molar-refractivity contribution in [3.8, 4) is 0 Å². The van der Waals surface area contributed by atoms with Crippen LogP contribution in [0.5, 0.6) is 0 Å². The Labute approximate surface area is 595 Å². The normalized spacial score (nSPS) is 10.1. The predicted octanol–water partition coefficient (Wildman–Crippen LogP) is 20.1. The Balaban J connectivity index is 0.000000132. The highest BCUT2D eigenvalue weighted by atomic mass is 15.0. The molecule has 0 saturated carbocycles.